The quantitative estimate of drug-likeness (QED) is 0.641. The zero-order valence-corrected chi connectivity index (χ0v) is 10.3. The lowest BCUT2D eigenvalue weighted by Crippen LogP contribution is -2.23. The molecule has 94 valence electrons. The second-order valence-corrected chi connectivity index (χ2v) is 5.56. The van der Waals surface area contributed by atoms with Crippen molar-refractivity contribution in [3.05, 3.63) is 35.4 Å². The van der Waals surface area contributed by atoms with Gasteiger partial charge in [0.1, 0.15) is 0 Å². The number of alkyl halides is 4. The molecule has 2 rings (SSSR count). The average molecular weight is 263 g/mol. The second kappa shape index (κ2) is 4.20. The van der Waals surface area contributed by atoms with Crippen LogP contribution in [-0.4, -0.2) is 5.38 Å². The van der Waals surface area contributed by atoms with Gasteiger partial charge in [0.2, 0.25) is 0 Å². The first kappa shape index (κ1) is 12.7. The van der Waals surface area contributed by atoms with Crippen LogP contribution < -0.4 is 0 Å². The normalized spacial score (nSPS) is 29.6. The van der Waals surface area contributed by atoms with Crippen molar-refractivity contribution < 1.29 is 13.2 Å². The molecule has 0 saturated heterocycles. The van der Waals surface area contributed by atoms with Gasteiger partial charge in [-0.2, -0.15) is 13.2 Å². The van der Waals surface area contributed by atoms with E-state index in [1.54, 1.807) is 12.1 Å². The highest BCUT2D eigenvalue weighted by atomic mass is 35.5. The third kappa shape index (κ3) is 2.44. The molecule has 0 bridgehead atoms. The Morgan fingerprint density at radius 1 is 1.29 bits per heavy atom. The predicted molar refractivity (Wildman–Crippen MR) is 62.3 cm³/mol. The standard InChI is InChI=1S/C13H14ClF3/c1-12(7-6-9(14)8-12)10-4-2-3-5-11(10)13(15,16)17/h2-5,9H,6-8H2,1H3. The van der Waals surface area contributed by atoms with Crippen LogP contribution in [0.1, 0.15) is 37.3 Å². The van der Waals surface area contributed by atoms with E-state index in [1.165, 1.54) is 6.07 Å². The number of hydrogen-bond donors (Lipinski definition) is 0. The Morgan fingerprint density at radius 2 is 1.94 bits per heavy atom. The lowest BCUT2D eigenvalue weighted by atomic mass is 9.78. The molecule has 1 aromatic carbocycles. The molecule has 0 heterocycles. The molecular weight excluding hydrogens is 249 g/mol. The summed E-state index contributed by atoms with van der Waals surface area (Å²) in [7, 11) is 0. The van der Waals surface area contributed by atoms with Gasteiger partial charge in [0.05, 0.1) is 5.56 Å². The second-order valence-electron chi connectivity index (χ2n) is 4.94. The molecule has 0 nitrogen and oxygen atoms in total. The molecule has 0 aliphatic heterocycles. The molecule has 1 aromatic rings. The van der Waals surface area contributed by atoms with Gasteiger partial charge in [0.15, 0.2) is 0 Å². The molecule has 0 N–H and O–H groups in total. The van der Waals surface area contributed by atoms with Crippen molar-refractivity contribution in [2.24, 2.45) is 0 Å². The Kier molecular flexibility index (Phi) is 3.15. The summed E-state index contributed by atoms with van der Waals surface area (Å²) in [6.07, 6.45) is -2.18. The van der Waals surface area contributed by atoms with E-state index in [-0.39, 0.29) is 5.38 Å². The van der Waals surface area contributed by atoms with Crippen molar-refractivity contribution in [2.45, 2.75) is 43.2 Å². The van der Waals surface area contributed by atoms with Crippen molar-refractivity contribution in [2.75, 3.05) is 0 Å². The van der Waals surface area contributed by atoms with Crippen LogP contribution in [0.4, 0.5) is 13.2 Å². The van der Waals surface area contributed by atoms with Crippen LogP contribution in [0.3, 0.4) is 0 Å². The fraction of sp³-hybridized carbons (Fsp3) is 0.538. The van der Waals surface area contributed by atoms with Crippen LogP contribution in [0, 0.1) is 0 Å². The Labute approximate surface area is 104 Å². The Morgan fingerprint density at radius 3 is 2.47 bits per heavy atom. The van der Waals surface area contributed by atoms with Gasteiger partial charge in [-0.25, -0.2) is 0 Å². The maximum atomic E-state index is 12.9. The molecule has 0 radical (unpaired) electrons. The highest BCUT2D eigenvalue weighted by Crippen LogP contribution is 2.47. The minimum absolute atomic E-state index is 0.0127. The molecule has 2 unspecified atom stereocenters. The molecule has 0 amide bonds. The summed E-state index contributed by atoms with van der Waals surface area (Å²) < 4.78 is 38.8. The summed E-state index contributed by atoms with van der Waals surface area (Å²) in [5, 5.41) is -0.0127. The monoisotopic (exact) mass is 262 g/mol. The van der Waals surface area contributed by atoms with Crippen molar-refractivity contribution in [1.29, 1.82) is 0 Å². The zero-order valence-electron chi connectivity index (χ0n) is 9.52. The van der Waals surface area contributed by atoms with Crippen LogP contribution >= 0.6 is 11.6 Å². The van der Waals surface area contributed by atoms with E-state index < -0.39 is 17.2 Å². The van der Waals surface area contributed by atoms with Gasteiger partial charge < -0.3 is 0 Å². The van der Waals surface area contributed by atoms with E-state index >= 15 is 0 Å². The molecule has 4 heteroatoms. The first-order valence-electron chi connectivity index (χ1n) is 5.64. The van der Waals surface area contributed by atoms with Gasteiger partial charge in [-0.15, -0.1) is 11.6 Å². The van der Waals surface area contributed by atoms with Gasteiger partial charge in [0, 0.05) is 5.38 Å². The van der Waals surface area contributed by atoms with Gasteiger partial charge in [-0.3, -0.25) is 0 Å². The fourth-order valence-electron chi connectivity index (χ4n) is 2.67. The molecule has 17 heavy (non-hydrogen) atoms. The maximum Gasteiger partial charge on any atom is 0.416 e. The number of rotatable bonds is 1. The molecular formula is C13H14ClF3. The van der Waals surface area contributed by atoms with Gasteiger partial charge in [0.25, 0.3) is 0 Å². The third-order valence-corrected chi connectivity index (χ3v) is 3.94. The SMILES string of the molecule is CC1(c2ccccc2C(F)(F)F)CCC(Cl)C1. The van der Waals surface area contributed by atoms with E-state index in [0.29, 0.717) is 18.4 Å². The van der Waals surface area contributed by atoms with Gasteiger partial charge >= 0.3 is 6.18 Å². The molecule has 2 atom stereocenters. The lowest BCUT2D eigenvalue weighted by Gasteiger charge is -2.28. The fourth-order valence-corrected chi connectivity index (χ4v) is 3.12. The summed E-state index contributed by atoms with van der Waals surface area (Å²) in [5.41, 5.74) is -0.581. The number of halogens is 4. The predicted octanol–water partition coefficient (Wildman–Crippen LogP) is 4.75. The van der Waals surface area contributed by atoms with Crippen molar-refractivity contribution in [1.82, 2.24) is 0 Å². The minimum Gasteiger partial charge on any atom is -0.166 e. The Hall–Kier alpha value is -0.700. The molecule has 1 aliphatic carbocycles. The van der Waals surface area contributed by atoms with Crippen molar-refractivity contribution >= 4 is 11.6 Å². The van der Waals surface area contributed by atoms with Crippen molar-refractivity contribution in [3.8, 4) is 0 Å². The molecule has 0 spiro atoms. The third-order valence-electron chi connectivity index (χ3n) is 3.56. The Balaban J connectivity index is 2.46. The van der Waals surface area contributed by atoms with Crippen LogP contribution in [0.2, 0.25) is 0 Å². The summed E-state index contributed by atoms with van der Waals surface area (Å²) in [6, 6.07) is 5.83. The van der Waals surface area contributed by atoms with Gasteiger partial charge in [-0.1, -0.05) is 25.1 Å². The summed E-state index contributed by atoms with van der Waals surface area (Å²) in [4.78, 5) is 0. The van der Waals surface area contributed by atoms with E-state index in [9.17, 15) is 13.2 Å². The highest BCUT2D eigenvalue weighted by molar-refractivity contribution is 6.20. The molecule has 1 fully saturated rings. The first-order chi connectivity index (χ1) is 7.83. The zero-order chi connectivity index (χ0) is 12.7. The summed E-state index contributed by atoms with van der Waals surface area (Å²) >= 11 is 6.03. The molecule has 1 saturated carbocycles. The smallest absolute Gasteiger partial charge is 0.166 e. The van der Waals surface area contributed by atoms with Crippen molar-refractivity contribution in [3.63, 3.8) is 0 Å². The van der Waals surface area contributed by atoms with Crippen LogP contribution in [0.25, 0.3) is 0 Å². The van der Waals surface area contributed by atoms with Crippen LogP contribution in [0.15, 0.2) is 24.3 Å². The summed E-state index contributed by atoms with van der Waals surface area (Å²) in [6.45, 7) is 1.87. The largest absolute Gasteiger partial charge is 0.416 e. The van der Waals surface area contributed by atoms with E-state index in [0.717, 1.165) is 12.5 Å². The average Bonchev–Trinajstić information content (AvgIpc) is 2.59. The van der Waals surface area contributed by atoms with E-state index in [1.807, 2.05) is 6.92 Å². The van der Waals surface area contributed by atoms with Crippen LogP contribution in [-0.2, 0) is 11.6 Å². The number of hydrogen-bond acceptors (Lipinski definition) is 0. The number of benzene rings is 1. The molecule has 0 aromatic heterocycles. The highest BCUT2D eigenvalue weighted by Gasteiger charge is 2.42. The van der Waals surface area contributed by atoms with Gasteiger partial charge in [-0.05, 0) is 36.3 Å². The van der Waals surface area contributed by atoms with E-state index in [4.69, 9.17) is 11.6 Å². The van der Waals surface area contributed by atoms with E-state index in [2.05, 4.69) is 0 Å². The topological polar surface area (TPSA) is 0 Å². The maximum absolute atomic E-state index is 12.9. The Bertz CT molecular complexity index is 413. The minimum atomic E-state index is -4.29. The van der Waals surface area contributed by atoms with Crippen LogP contribution in [0.5, 0.6) is 0 Å². The summed E-state index contributed by atoms with van der Waals surface area (Å²) in [5.74, 6) is 0. The molecule has 1 aliphatic rings. The lowest BCUT2D eigenvalue weighted by molar-refractivity contribution is -0.138. The first-order valence-corrected chi connectivity index (χ1v) is 6.07.